The van der Waals surface area contributed by atoms with Gasteiger partial charge in [0.2, 0.25) is 0 Å². The van der Waals surface area contributed by atoms with Crippen molar-refractivity contribution < 1.29 is 9.13 Å². The van der Waals surface area contributed by atoms with Crippen LogP contribution in [0.4, 0.5) is 4.39 Å². The maximum absolute atomic E-state index is 13.6. The molecule has 2 rings (SSSR count). The fourth-order valence-corrected chi connectivity index (χ4v) is 2.97. The van der Waals surface area contributed by atoms with Crippen LogP contribution in [-0.2, 0) is 6.54 Å². The lowest BCUT2D eigenvalue weighted by molar-refractivity contribution is 0.0900. The second-order valence-corrected chi connectivity index (χ2v) is 5.43. The van der Waals surface area contributed by atoms with Crippen LogP contribution in [0.5, 0.6) is 5.75 Å². The molecule has 1 saturated carbocycles. The number of nitrogens with one attached hydrogen (secondary N) is 1. The van der Waals surface area contributed by atoms with Crippen LogP contribution in [0.15, 0.2) is 18.2 Å². The second kappa shape index (κ2) is 6.90. The van der Waals surface area contributed by atoms with Gasteiger partial charge in [0, 0.05) is 12.6 Å². The first-order valence-corrected chi connectivity index (χ1v) is 7.33. The molecule has 19 heavy (non-hydrogen) atoms. The molecule has 0 spiro atoms. The molecule has 1 N–H and O–H groups in total. The van der Waals surface area contributed by atoms with Crippen molar-refractivity contribution in [2.75, 3.05) is 7.05 Å². The van der Waals surface area contributed by atoms with Gasteiger partial charge in [-0.3, -0.25) is 0 Å². The Morgan fingerprint density at radius 2 is 2.05 bits per heavy atom. The van der Waals surface area contributed by atoms with Crippen molar-refractivity contribution in [3.8, 4) is 5.75 Å². The zero-order valence-electron chi connectivity index (χ0n) is 11.9. The molecule has 106 valence electrons. The lowest BCUT2D eigenvalue weighted by Crippen LogP contribution is -2.30. The van der Waals surface area contributed by atoms with Gasteiger partial charge in [0.15, 0.2) is 0 Å². The molecule has 1 aromatic carbocycles. The van der Waals surface area contributed by atoms with Gasteiger partial charge < -0.3 is 10.1 Å². The van der Waals surface area contributed by atoms with Crippen LogP contribution in [0.2, 0.25) is 0 Å². The summed E-state index contributed by atoms with van der Waals surface area (Å²) >= 11 is 0. The summed E-state index contributed by atoms with van der Waals surface area (Å²) in [6.07, 6.45) is 6.24. The summed E-state index contributed by atoms with van der Waals surface area (Å²) in [6, 6.07) is 5.00. The van der Waals surface area contributed by atoms with Crippen LogP contribution in [0.1, 0.15) is 44.6 Å². The Bertz CT molecular complexity index is 408. The highest BCUT2D eigenvalue weighted by Gasteiger charge is 2.25. The van der Waals surface area contributed by atoms with Gasteiger partial charge in [0.25, 0.3) is 0 Å². The molecule has 0 aliphatic heterocycles. The van der Waals surface area contributed by atoms with Gasteiger partial charge >= 0.3 is 0 Å². The summed E-state index contributed by atoms with van der Waals surface area (Å²) in [5.74, 6) is 1.08. The molecule has 3 heteroatoms. The highest BCUT2D eigenvalue weighted by molar-refractivity contribution is 5.29. The first-order valence-electron chi connectivity index (χ1n) is 7.33. The van der Waals surface area contributed by atoms with E-state index in [2.05, 4.69) is 12.2 Å². The Kier molecular flexibility index (Phi) is 5.20. The summed E-state index contributed by atoms with van der Waals surface area (Å²) in [5.41, 5.74) is 0.932. The third-order valence-corrected chi connectivity index (χ3v) is 3.96. The maximum Gasteiger partial charge on any atom is 0.127 e. The van der Waals surface area contributed by atoms with E-state index >= 15 is 0 Å². The molecule has 0 bridgehead atoms. The van der Waals surface area contributed by atoms with Gasteiger partial charge in [0.1, 0.15) is 17.7 Å². The van der Waals surface area contributed by atoms with Crippen molar-refractivity contribution in [3.05, 3.63) is 29.6 Å². The molecule has 0 heterocycles. The summed E-state index contributed by atoms with van der Waals surface area (Å²) < 4.78 is 19.6. The van der Waals surface area contributed by atoms with Crippen LogP contribution in [0.25, 0.3) is 0 Å². The number of rotatable bonds is 5. The van der Waals surface area contributed by atoms with Gasteiger partial charge in [-0.25, -0.2) is 4.39 Å². The predicted molar refractivity (Wildman–Crippen MR) is 75.8 cm³/mol. The van der Waals surface area contributed by atoms with Gasteiger partial charge in [-0.15, -0.1) is 0 Å². The number of benzene rings is 1. The SMILES string of the molecule is CCC1CCCCC1Oc1cc(F)cc(CNC)c1. The predicted octanol–water partition coefficient (Wildman–Crippen LogP) is 3.89. The quantitative estimate of drug-likeness (QED) is 0.872. The Morgan fingerprint density at radius 1 is 1.26 bits per heavy atom. The van der Waals surface area contributed by atoms with Gasteiger partial charge in [-0.1, -0.05) is 13.3 Å². The summed E-state index contributed by atoms with van der Waals surface area (Å²) in [4.78, 5) is 0. The van der Waals surface area contributed by atoms with Crippen molar-refractivity contribution in [3.63, 3.8) is 0 Å². The highest BCUT2D eigenvalue weighted by atomic mass is 19.1. The lowest BCUT2D eigenvalue weighted by atomic mass is 9.85. The largest absolute Gasteiger partial charge is 0.490 e. The Balaban J connectivity index is 2.08. The summed E-state index contributed by atoms with van der Waals surface area (Å²) in [5, 5.41) is 3.04. The number of halogens is 1. The standard InChI is InChI=1S/C16H24FNO/c1-3-13-6-4-5-7-16(13)19-15-9-12(11-18-2)8-14(17)10-15/h8-10,13,16,18H,3-7,11H2,1-2H3. The van der Waals surface area contributed by atoms with Crippen LogP contribution in [0, 0.1) is 11.7 Å². The van der Waals surface area contributed by atoms with E-state index < -0.39 is 0 Å². The lowest BCUT2D eigenvalue weighted by Gasteiger charge is -2.31. The first-order chi connectivity index (χ1) is 9.22. The Hall–Kier alpha value is -1.09. The molecular weight excluding hydrogens is 241 g/mol. The molecule has 2 atom stereocenters. The number of ether oxygens (including phenoxy) is 1. The molecule has 1 aliphatic rings. The molecule has 2 nitrogen and oxygen atoms in total. The second-order valence-electron chi connectivity index (χ2n) is 5.43. The van der Waals surface area contributed by atoms with E-state index in [-0.39, 0.29) is 11.9 Å². The van der Waals surface area contributed by atoms with Crippen molar-refractivity contribution in [1.29, 1.82) is 0 Å². The fraction of sp³-hybridized carbons (Fsp3) is 0.625. The van der Waals surface area contributed by atoms with E-state index in [1.807, 2.05) is 13.1 Å². The third-order valence-electron chi connectivity index (χ3n) is 3.96. The summed E-state index contributed by atoms with van der Waals surface area (Å²) in [6.45, 7) is 2.88. The van der Waals surface area contributed by atoms with E-state index in [0.717, 1.165) is 18.4 Å². The maximum atomic E-state index is 13.6. The number of hydrogen-bond donors (Lipinski definition) is 1. The Morgan fingerprint density at radius 3 is 2.79 bits per heavy atom. The molecule has 0 radical (unpaired) electrons. The molecule has 1 fully saturated rings. The van der Waals surface area contributed by atoms with E-state index in [4.69, 9.17) is 4.74 Å². The molecule has 1 aromatic rings. The topological polar surface area (TPSA) is 21.3 Å². The van der Waals surface area contributed by atoms with Crippen molar-refractivity contribution in [2.45, 2.75) is 51.7 Å². The zero-order chi connectivity index (χ0) is 13.7. The van der Waals surface area contributed by atoms with Gasteiger partial charge in [0.05, 0.1) is 0 Å². The van der Waals surface area contributed by atoms with E-state index in [9.17, 15) is 4.39 Å². The average molecular weight is 265 g/mol. The zero-order valence-corrected chi connectivity index (χ0v) is 11.9. The number of hydrogen-bond acceptors (Lipinski definition) is 2. The summed E-state index contributed by atoms with van der Waals surface area (Å²) in [7, 11) is 1.86. The van der Waals surface area contributed by atoms with E-state index in [0.29, 0.717) is 18.2 Å². The average Bonchev–Trinajstić information content (AvgIpc) is 2.39. The fourth-order valence-electron chi connectivity index (χ4n) is 2.97. The van der Waals surface area contributed by atoms with Crippen LogP contribution < -0.4 is 10.1 Å². The highest BCUT2D eigenvalue weighted by Crippen LogP contribution is 2.31. The van der Waals surface area contributed by atoms with Crippen molar-refractivity contribution >= 4 is 0 Å². The van der Waals surface area contributed by atoms with E-state index in [1.165, 1.54) is 25.3 Å². The molecule has 0 amide bonds. The molecular formula is C16H24FNO. The van der Waals surface area contributed by atoms with Crippen molar-refractivity contribution in [2.24, 2.45) is 5.92 Å². The third kappa shape index (κ3) is 3.93. The van der Waals surface area contributed by atoms with E-state index in [1.54, 1.807) is 6.07 Å². The Labute approximate surface area is 115 Å². The van der Waals surface area contributed by atoms with Crippen LogP contribution in [-0.4, -0.2) is 13.2 Å². The molecule has 2 unspecified atom stereocenters. The van der Waals surface area contributed by atoms with Crippen LogP contribution in [0.3, 0.4) is 0 Å². The molecule has 0 saturated heterocycles. The molecule has 0 aromatic heterocycles. The minimum Gasteiger partial charge on any atom is -0.490 e. The monoisotopic (exact) mass is 265 g/mol. The minimum absolute atomic E-state index is 0.216. The van der Waals surface area contributed by atoms with Gasteiger partial charge in [-0.2, -0.15) is 0 Å². The minimum atomic E-state index is -0.216. The van der Waals surface area contributed by atoms with Crippen LogP contribution >= 0.6 is 0 Å². The van der Waals surface area contributed by atoms with Crippen molar-refractivity contribution in [1.82, 2.24) is 5.32 Å². The smallest absolute Gasteiger partial charge is 0.127 e. The first kappa shape index (κ1) is 14.3. The molecule has 1 aliphatic carbocycles. The normalized spacial score (nSPS) is 23.3. The van der Waals surface area contributed by atoms with Gasteiger partial charge in [-0.05, 0) is 56.3 Å².